The standard InChI is InChI=1S/C23H18ClFN2O7/c24-23(25)18(34-20(30)15-9-5-2-6-10-15)16(13-32-19(29)14-7-3-1-4-8-14)33-21(23)27-12-11-17(28)26-22(27)31/h1-12,16,18,21H,13H2,(H,26,28,31)/t16-,18-,21+,23-/m1/s1. The number of ether oxygens (including phenoxy) is 3. The number of hydrogen-bond donors (Lipinski definition) is 1. The van der Waals surface area contributed by atoms with Crippen LogP contribution in [-0.4, -0.2) is 45.4 Å². The highest BCUT2D eigenvalue weighted by atomic mass is 35.5. The van der Waals surface area contributed by atoms with Crippen LogP contribution in [0.25, 0.3) is 0 Å². The maximum absolute atomic E-state index is 15.9. The van der Waals surface area contributed by atoms with Gasteiger partial charge in [-0.1, -0.05) is 48.0 Å². The first-order valence-corrected chi connectivity index (χ1v) is 10.5. The van der Waals surface area contributed by atoms with Crippen LogP contribution < -0.4 is 11.2 Å². The average molecular weight is 489 g/mol. The highest BCUT2D eigenvalue weighted by Crippen LogP contribution is 2.46. The number of nitrogens with zero attached hydrogens (tertiary/aromatic N) is 1. The number of nitrogens with one attached hydrogen (secondary N) is 1. The molecule has 9 nitrogen and oxygen atoms in total. The lowest BCUT2D eigenvalue weighted by Gasteiger charge is -2.25. The molecule has 1 fully saturated rings. The molecule has 176 valence electrons. The van der Waals surface area contributed by atoms with E-state index in [-0.39, 0.29) is 11.1 Å². The summed E-state index contributed by atoms with van der Waals surface area (Å²) in [6.45, 7) is -0.534. The summed E-state index contributed by atoms with van der Waals surface area (Å²) in [4.78, 5) is 50.6. The van der Waals surface area contributed by atoms with Gasteiger partial charge in [0.1, 0.15) is 12.7 Å². The topological polar surface area (TPSA) is 117 Å². The van der Waals surface area contributed by atoms with Gasteiger partial charge in [-0.05, 0) is 24.3 Å². The molecule has 4 atom stereocenters. The number of hydrogen-bond acceptors (Lipinski definition) is 7. The van der Waals surface area contributed by atoms with E-state index in [0.29, 0.717) is 0 Å². The second-order valence-corrected chi connectivity index (χ2v) is 7.95. The summed E-state index contributed by atoms with van der Waals surface area (Å²) in [6.07, 6.45) is -3.94. The summed E-state index contributed by atoms with van der Waals surface area (Å²) in [5.41, 5.74) is -1.34. The highest BCUT2D eigenvalue weighted by molar-refractivity contribution is 6.23. The maximum atomic E-state index is 15.9. The molecule has 1 aliphatic rings. The molecule has 2 heterocycles. The van der Waals surface area contributed by atoms with Crippen LogP contribution in [0.4, 0.5) is 4.39 Å². The Morgan fingerprint density at radius 3 is 2.18 bits per heavy atom. The average Bonchev–Trinajstić information content (AvgIpc) is 3.08. The molecule has 1 aromatic heterocycles. The van der Waals surface area contributed by atoms with E-state index in [2.05, 4.69) is 0 Å². The number of alkyl halides is 2. The summed E-state index contributed by atoms with van der Waals surface area (Å²) in [7, 11) is 0. The molecule has 34 heavy (non-hydrogen) atoms. The van der Waals surface area contributed by atoms with Gasteiger partial charge < -0.3 is 14.2 Å². The molecule has 1 saturated heterocycles. The molecule has 0 spiro atoms. The molecule has 0 bridgehead atoms. The zero-order valence-electron chi connectivity index (χ0n) is 17.4. The number of esters is 2. The second-order valence-electron chi connectivity index (χ2n) is 7.38. The van der Waals surface area contributed by atoms with Crippen LogP contribution in [0.1, 0.15) is 26.9 Å². The molecule has 0 saturated carbocycles. The number of aromatic amines is 1. The van der Waals surface area contributed by atoms with Crippen LogP contribution in [0.2, 0.25) is 0 Å². The van der Waals surface area contributed by atoms with Gasteiger partial charge in [0.2, 0.25) is 0 Å². The fourth-order valence-electron chi connectivity index (χ4n) is 3.43. The zero-order valence-corrected chi connectivity index (χ0v) is 18.2. The third kappa shape index (κ3) is 4.78. The number of carbonyl (C=O) groups is 2. The Hall–Kier alpha value is -3.76. The van der Waals surface area contributed by atoms with Gasteiger partial charge in [-0.2, -0.15) is 0 Å². The lowest BCUT2D eigenvalue weighted by Crippen LogP contribution is -2.44. The third-order valence-corrected chi connectivity index (χ3v) is 5.49. The number of rotatable bonds is 6. The minimum absolute atomic E-state index is 0.125. The van der Waals surface area contributed by atoms with Gasteiger partial charge in [-0.3, -0.25) is 14.3 Å². The first-order chi connectivity index (χ1) is 16.3. The number of H-pyrrole nitrogens is 1. The minimum atomic E-state index is -2.95. The fourth-order valence-corrected chi connectivity index (χ4v) is 3.77. The van der Waals surface area contributed by atoms with Crippen molar-refractivity contribution < 1.29 is 28.2 Å². The summed E-state index contributed by atoms with van der Waals surface area (Å²) in [5, 5.41) is -2.95. The Morgan fingerprint density at radius 2 is 1.59 bits per heavy atom. The predicted octanol–water partition coefficient (Wildman–Crippen LogP) is 2.42. The summed E-state index contributed by atoms with van der Waals surface area (Å²) >= 11 is 6.14. The first-order valence-electron chi connectivity index (χ1n) is 10.1. The van der Waals surface area contributed by atoms with E-state index < -0.39 is 53.4 Å². The SMILES string of the molecule is O=C(OC[C@H]1O[C@H](n2ccc(=O)[nH]c2=O)[C@@](F)(Cl)[C@@H]1OC(=O)c1ccccc1)c1ccccc1. The third-order valence-electron chi connectivity index (χ3n) is 5.09. The molecule has 11 heteroatoms. The van der Waals surface area contributed by atoms with Crippen molar-refractivity contribution in [1.29, 1.82) is 0 Å². The van der Waals surface area contributed by atoms with Gasteiger partial charge >= 0.3 is 17.6 Å². The van der Waals surface area contributed by atoms with E-state index in [4.69, 9.17) is 25.8 Å². The number of halogens is 2. The summed E-state index contributed by atoms with van der Waals surface area (Å²) in [5.74, 6) is -1.62. The van der Waals surface area contributed by atoms with Crippen molar-refractivity contribution in [3.8, 4) is 0 Å². The van der Waals surface area contributed by atoms with E-state index >= 15 is 4.39 Å². The van der Waals surface area contributed by atoms with Crippen LogP contribution in [0.3, 0.4) is 0 Å². The smallest absolute Gasteiger partial charge is 0.338 e. The van der Waals surface area contributed by atoms with Crippen LogP contribution in [0, 0.1) is 0 Å². The van der Waals surface area contributed by atoms with Crippen molar-refractivity contribution in [3.63, 3.8) is 0 Å². The number of carbonyl (C=O) groups excluding carboxylic acids is 2. The fraction of sp³-hybridized carbons (Fsp3) is 0.217. The monoisotopic (exact) mass is 488 g/mol. The van der Waals surface area contributed by atoms with Gasteiger partial charge in [0.25, 0.3) is 10.7 Å². The molecule has 0 amide bonds. The molecule has 2 aromatic carbocycles. The second kappa shape index (κ2) is 9.62. The summed E-state index contributed by atoms with van der Waals surface area (Å²) in [6, 6.07) is 16.8. The molecular weight excluding hydrogens is 471 g/mol. The highest BCUT2D eigenvalue weighted by Gasteiger charge is 2.61. The van der Waals surface area contributed by atoms with E-state index in [9.17, 15) is 19.2 Å². The van der Waals surface area contributed by atoms with Crippen molar-refractivity contribution >= 4 is 23.5 Å². The van der Waals surface area contributed by atoms with E-state index in [0.717, 1.165) is 16.8 Å². The predicted molar refractivity (Wildman–Crippen MR) is 117 cm³/mol. The van der Waals surface area contributed by atoms with Crippen molar-refractivity contribution in [1.82, 2.24) is 9.55 Å². The van der Waals surface area contributed by atoms with Crippen molar-refractivity contribution in [3.05, 3.63) is 105 Å². The number of benzene rings is 2. The van der Waals surface area contributed by atoms with Crippen LogP contribution in [-0.2, 0) is 14.2 Å². The lowest BCUT2D eigenvalue weighted by atomic mass is 10.1. The molecular formula is C23H18ClFN2O7. The van der Waals surface area contributed by atoms with Crippen LogP contribution in [0.5, 0.6) is 0 Å². The molecule has 1 aliphatic heterocycles. The summed E-state index contributed by atoms with van der Waals surface area (Å²) < 4.78 is 32.7. The van der Waals surface area contributed by atoms with Crippen molar-refractivity contribution in [2.75, 3.05) is 6.61 Å². The maximum Gasteiger partial charge on any atom is 0.338 e. The molecule has 4 rings (SSSR count). The normalized spacial score (nSPS) is 23.9. The molecule has 3 aromatic rings. The van der Waals surface area contributed by atoms with Crippen LogP contribution >= 0.6 is 11.6 Å². The molecule has 0 unspecified atom stereocenters. The zero-order chi connectivity index (χ0) is 24.3. The van der Waals surface area contributed by atoms with Gasteiger partial charge in [-0.25, -0.2) is 18.8 Å². The Bertz CT molecular complexity index is 1290. The van der Waals surface area contributed by atoms with E-state index in [1.807, 2.05) is 4.98 Å². The molecule has 1 N–H and O–H groups in total. The van der Waals surface area contributed by atoms with Gasteiger partial charge in [0, 0.05) is 12.3 Å². The Morgan fingerprint density at radius 1 is 1.00 bits per heavy atom. The Kier molecular flexibility index (Phi) is 6.62. The van der Waals surface area contributed by atoms with E-state index in [1.54, 1.807) is 36.4 Å². The number of aromatic nitrogens is 2. The Labute approximate surface area is 196 Å². The van der Waals surface area contributed by atoms with Crippen molar-refractivity contribution in [2.45, 2.75) is 23.6 Å². The first kappa shape index (κ1) is 23.4. The van der Waals surface area contributed by atoms with Gasteiger partial charge in [-0.15, -0.1) is 0 Å². The Balaban J connectivity index is 1.62. The lowest BCUT2D eigenvalue weighted by molar-refractivity contribution is -0.0601. The van der Waals surface area contributed by atoms with Crippen LogP contribution in [0.15, 0.2) is 82.5 Å². The van der Waals surface area contributed by atoms with Gasteiger partial charge in [0.05, 0.1) is 11.1 Å². The molecule has 0 aliphatic carbocycles. The van der Waals surface area contributed by atoms with Gasteiger partial charge in [0.15, 0.2) is 12.3 Å². The van der Waals surface area contributed by atoms with E-state index in [1.165, 1.54) is 24.3 Å². The molecule has 0 radical (unpaired) electrons. The largest absolute Gasteiger partial charge is 0.459 e. The van der Waals surface area contributed by atoms with Crippen molar-refractivity contribution in [2.24, 2.45) is 0 Å². The quantitative estimate of drug-likeness (QED) is 0.418. The minimum Gasteiger partial charge on any atom is -0.459 e.